The molecule has 4 heteroatoms. The number of urea groups is 1. The van der Waals surface area contributed by atoms with Gasteiger partial charge >= 0.3 is 6.03 Å². The maximum Gasteiger partial charge on any atom is 0.316 e. The highest BCUT2D eigenvalue weighted by Crippen LogP contribution is 2.03. The molecule has 0 unspecified atom stereocenters. The lowest BCUT2D eigenvalue weighted by Crippen LogP contribution is -2.18. The molecule has 11 heavy (non-hydrogen) atoms. The smallest absolute Gasteiger partial charge is 0.316 e. The highest BCUT2D eigenvalue weighted by atomic mass is 35.5. The van der Waals surface area contributed by atoms with Crippen molar-refractivity contribution in [2.75, 3.05) is 5.32 Å². The predicted molar refractivity (Wildman–Crippen MR) is 46.9 cm³/mol. The molecule has 0 radical (unpaired) electrons. The van der Waals surface area contributed by atoms with Crippen molar-refractivity contribution in [2.45, 2.75) is 0 Å². The molecule has 0 aromatic heterocycles. The minimum atomic E-state index is -0.536. The Hall–Kier alpha value is -1.22. The number of halogens is 1. The summed E-state index contributed by atoms with van der Waals surface area (Å²) in [7, 11) is 0. The van der Waals surface area contributed by atoms with Gasteiger partial charge in [0, 0.05) is 5.69 Å². The summed E-state index contributed by atoms with van der Waals surface area (Å²) in [5.41, 5.74) is 5.59. The number of nitrogens with two attached hydrogens (primary N) is 1. The van der Waals surface area contributed by atoms with E-state index >= 15 is 0 Å². The van der Waals surface area contributed by atoms with Gasteiger partial charge in [0.15, 0.2) is 0 Å². The van der Waals surface area contributed by atoms with E-state index in [0.29, 0.717) is 0 Å². The molecule has 0 saturated carbocycles. The Kier molecular flexibility index (Phi) is 4.07. The van der Waals surface area contributed by atoms with E-state index in [1.165, 1.54) is 0 Å². The van der Waals surface area contributed by atoms with Crippen LogP contribution < -0.4 is 11.1 Å². The summed E-state index contributed by atoms with van der Waals surface area (Å²) in [5, 5.41) is 2.44. The average Bonchev–Trinajstić information content (AvgIpc) is 1.88. The van der Waals surface area contributed by atoms with E-state index in [-0.39, 0.29) is 12.4 Å². The first-order chi connectivity index (χ1) is 4.79. The van der Waals surface area contributed by atoms with Crippen molar-refractivity contribution in [1.82, 2.24) is 0 Å². The first kappa shape index (κ1) is 9.78. The van der Waals surface area contributed by atoms with Gasteiger partial charge in [0.05, 0.1) is 0 Å². The second-order valence-corrected chi connectivity index (χ2v) is 1.86. The van der Waals surface area contributed by atoms with Crippen LogP contribution in [0.2, 0.25) is 0 Å². The van der Waals surface area contributed by atoms with Gasteiger partial charge in [-0.2, -0.15) is 0 Å². The van der Waals surface area contributed by atoms with Crippen LogP contribution in [0.15, 0.2) is 30.3 Å². The number of amides is 2. The Morgan fingerprint density at radius 1 is 1.27 bits per heavy atom. The van der Waals surface area contributed by atoms with Crippen LogP contribution in [0.5, 0.6) is 0 Å². The summed E-state index contributed by atoms with van der Waals surface area (Å²) in [5.74, 6) is 0. The van der Waals surface area contributed by atoms with Crippen molar-refractivity contribution in [3.05, 3.63) is 30.3 Å². The Bertz CT molecular complexity index is 225. The van der Waals surface area contributed by atoms with Gasteiger partial charge in [-0.15, -0.1) is 12.4 Å². The van der Waals surface area contributed by atoms with Crippen LogP contribution in [0.4, 0.5) is 10.5 Å². The van der Waals surface area contributed by atoms with E-state index in [0.717, 1.165) is 5.69 Å². The Morgan fingerprint density at radius 2 is 1.82 bits per heavy atom. The van der Waals surface area contributed by atoms with E-state index in [2.05, 4.69) is 5.32 Å². The van der Waals surface area contributed by atoms with Gasteiger partial charge in [-0.3, -0.25) is 0 Å². The fourth-order valence-electron chi connectivity index (χ4n) is 0.664. The van der Waals surface area contributed by atoms with Crippen molar-refractivity contribution in [3.8, 4) is 0 Å². The number of para-hydroxylation sites is 1. The van der Waals surface area contributed by atoms with Crippen LogP contribution in [-0.4, -0.2) is 6.03 Å². The van der Waals surface area contributed by atoms with Crippen molar-refractivity contribution in [3.63, 3.8) is 0 Å². The molecule has 0 fully saturated rings. The van der Waals surface area contributed by atoms with Crippen molar-refractivity contribution in [1.29, 1.82) is 0 Å². The third kappa shape index (κ3) is 3.47. The van der Waals surface area contributed by atoms with Crippen LogP contribution in [0.25, 0.3) is 0 Å². The molecule has 1 rings (SSSR count). The number of anilines is 1. The standard InChI is InChI=1S/C7H8N2O.ClH/c8-7(10)9-6-4-2-1-3-5-6;/h1-5H,(H3,8,9,10);1H. The fourth-order valence-corrected chi connectivity index (χ4v) is 0.664. The minimum absolute atomic E-state index is 0. The van der Waals surface area contributed by atoms with Crippen molar-refractivity contribution >= 4 is 24.1 Å². The first-order valence-electron chi connectivity index (χ1n) is 2.90. The summed E-state index contributed by atoms with van der Waals surface area (Å²) in [6.07, 6.45) is 0. The lowest BCUT2D eigenvalue weighted by molar-refractivity contribution is 0.259. The van der Waals surface area contributed by atoms with Gasteiger partial charge < -0.3 is 11.1 Å². The summed E-state index contributed by atoms with van der Waals surface area (Å²) >= 11 is 0. The summed E-state index contributed by atoms with van der Waals surface area (Å²) in [4.78, 5) is 10.3. The molecule has 0 heterocycles. The first-order valence-corrected chi connectivity index (χ1v) is 2.90. The van der Waals surface area contributed by atoms with E-state index < -0.39 is 6.03 Å². The maximum atomic E-state index is 10.3. The van der Waals surface area contributed by atoms with Crippen LogP contribution in [0.1, 0.15) is 0 Å². The highest BCUT2D eigenvalue weighted by molar-refractivity contribution is 5.87. The lowest BCUT2D eigenvalue weighted by atomic mass is 10.3. The molecule has 0 aliphatic rings. The Labute approximate surface area is 71.0 Å². The van der Waals surface area contributed by atoms with Crippen LogP contribution in [0, 0.1) is 0 Å². The number of hydrogen-bond donors (Lipinski definition) is 2. The van der Waals surface area contributed by atoms with Gasteiger partial charge in [0.2, 0.25) is 0 Å². The van der Waals surface area contributed by atoms with Crippen molar-refractivity contribution in [2.24, 2.45) is 5.73 Å². The monoisotopic (exact) mass is 172 g/mol. The number of carbonyl (C=O) groups is 1. The van der Waals surface area contributed by atoms with Gasteiger partial charge in [-0.25, -0.2) is 4.79 Å². The van der Waals surface area contributed by atoms with E-state index in [1.54, 1.807) is 12.1 Å². The average molecular weight is 173 g/mol. The van der Waals surface area contributed by atoms with Crippen LogP contribution in [0.3, 0.4) is 0 Å². The minimum Gasteiger partial charge on any atom is -0.351 e. The second kappa shape index (κ2) is 4.57. The molecular formula is C7H9ClN2O. The molecule has 0 aliphatic heterocycles. The Morgan fingerprint density at radius 3 is 2.27 bits per heavy atom. The molecule has 0 bridgehead atoms. The molecule has 1 aromatic rings. The second-order valence-electron chi connectivity index (χ2n) is 1.86. The zero-order valence-electron chi connectivity index (χ0n) is 5.78. The number of carbonyl (C=O) groups excluding carboxylic acids is 1. The molecule has 2 amide bonds. The lowest BCUT2D eigenvalue weighted by Gasteiger charge is -1.97. The van der Waals surface area contributed by atoms with Crippen LogP contribution in [-0.2, 0) is 0 Å². The third-order valence-corrected chi connectivity index (χ3v) is 1.04. The normalized spacial score (nSPS) is 8.00. The highest BCUT2D eigenvalue weighted by Gasteiger charge is 1.90. The number of primary amides is 1. The van der Waals surface area contributed by atoms with Gasteiger partial charge in [0.1, 0.15) is 0 Å². The van der Waals surface area contributed by atoms with Gasteiger partial charge in [0.25, 0.3) is 0 Å². The number of benzene rings is 1. The molecular weight excluding hydrogens is 164 g/mol. The number of nitrogens with one attached hydrogen (secondary N) is 1. The largest absolute Gasteiger partial charge is 0.351 e. The fraction of sp³-hybridized carbons (Fsp3) is 0. The van der Waals surface area contributed by atoms with Gasteiger partial charge in [-0.05, 0) is 12.1 Å². The molecule has 0 spiro atoms. The Balaban J connectivity index is 0.000001000. The summed E-state index contributed by atoms with van der Waals surface area (Å²) in [6.45, 7) is 0. The van der Waals surface area contributed by atoms with E-state index in [9.17, 15) is 4.79 Å². The zero-order valence-corrected chi connectivity index (χ0v) is 6.60. The quantitative estimate of drug-likeness (QED) is 0.664. The molecule has 0 saturated heterocycles. The molecule has 0 aliphatic carbocycles. The zero-order chi connectivity index (χ0) is 7.40. The topological polar surface area (TPSA) is 55.1 Å². The molecule has 3 nitrogen and oxygen atoms in total. The van der Waals surface area contributed by atoms with Gasteiger partial charge in [-0.1, -0.05) is 18.2 Å². The van der Waals surface area contributed by atoms with Crippen molar-refractivity contribution < 1.29 is 4.79 Å². The number of rotatable bonds is 1. The SMILES string of the molecule is Cl.NC(=O)Nc1ccccc1. The summed E-state index contributed by atoms with van der Waals surface area (Å²) in [6, 6.07) is 8.52. The third-order valence-electron chi connectivity index (χ3n) is 1.04. The predicted octanol–water partition coefficient (Wildman–Crippen LogP) is 1.60. The summed E-state index contributed by atoms with van der Waals surface area (Å²) < 4.78 is 0. The molecule has 60 valence electrons. The maximum absolute atomic E-state index is 10.3. The molecule has 0 atom stereocenters. The van der Waals surface area contributed by atoms with Crippen LogP contribution >= 0.6 is 12.4 Å². The molecule has 3 N–H and O–H groups in total. The van der Waals surface area contributed by atoms with E-state index in [1.807, 2.05) is 18.2 Å². The number of hydrogen-bond acceptors (Lipinski definition) is 1. The molecule has 1 aromatic carbocycles. The van der Waals surface area contributed by atoms with E-state index in [4.69, 9.17) is 5.73 Å².